The van der Waals surface area contributed by atoms with Crippen molar-refractivity contribution < 1.29 is 9.47 Å². The Hall–Kier alpha value is -2.93. The maximum Gasteiger partial charge on any atom is 0.186 e. The first kappa shape index (κ1) is 20.9. The van der Waals surface area contributed by atoms with Crippen LogP contribution in [0.3, 0.4) is 0 Å². The van der Waals surface area contributed by atoms with Gasteiger partial charge in [-0.3, -0.25) is 10.00 Å². The minimum atomic E-state index is -0.270. The van der Waals surface area contributed by atoms with E-state index in [1.165, 1.54) is 0 Å². The van der Waals surface area contributed by atoms with Crippen molar-refractivity contribution in [2.24, 2.45) is 0 Å². The second kappa shape index (κ2) is 7.89. The van der Waals surface area contributed by atoms with Crippen molar-refractivity contribution in [1.82, 2.24) is 25.1 Å². The van der Waals surface area contributed by atoms with Gasteiger partial charge in [-0.1, -0.05) is 18.5 Å². The topological polar surface area (TPSA) is 126 Å². The van der Waals surface area contributed by atoms with Crippen LogP contribution in [0, 0.1) is 18.3 Å². The number of rotatable bonds is 5. The van der Waals surface area contributed by atoms with Crippen molar-refractivity contribution in [3.8, 4) is 11.8 Å². The van der Waals surface area contributed by atoms with Gasteiger partial charge in [-0.25, -0.2) is 9.97 Å². The van der Waals surface area contributed by atoms with Crippen molar-refractivity contribution in [3.05, 3.63) is 39.3 Å². The smallest absolute Gasteiger partial charge is 0.186 e. The standard InChI is InChI=1S/C22H24ClN7O2/c1-10(21-26-20(25)17-11(2)28-29-22(17)27-21)14-4-16(23)15(5-24)18(19(14)31-3)12-6-30(7-12)13-8-32-9-13/h4,10,12-13H,6-9H2,1-3H3,(H3,25,26,27,28,29). The number of hydrogen-bond acceptors (Lipinski definition) is 8. The van der Waals surface area contributed by atoms with E-state index in [2.05, 4.69) is 31.1 Å². The number of nitrogens with two attached hydrogens (primary N) is 1. The number of aromatic nitrogens is 4. The summed E-state index contributed by atoms with van der Waals surface area (Å²) in [6, 6.07) is 4.52. The van der Waals surface area contributed by atoms with Crippen molar-refractivity contribution >= 4 is 28.5 Å². The number of H-pyrrole nitrogens is 1. The zero-order valence-corrected chi connectivity index (χ0v) is 18.9. The second-order valence-corrected chi connectivity index (χ2v) is 8.87. The Labute approximate surface area is 190 Å². The molecule has 166 valence electrons. The molecule has 2 aliphatic heterocycles. The predicted molar refractivity (Wildman–Crippen MR) is 120 cm³/mol. The van der Waals surface area contributed by atoms with E-state index in [0.717, 1.165) is 48.5 Å². The molecule has 1 unspecified atom stereocenters. The predicted octanol–water partition coefficient (Wildman–Crippen LogP) is 2.73. The number of nitrogens with one attached hydrogen (secondary N) is 1. The van der Waals surface area contributed by atoms with Gasteiger partial charge in [0.2, 0.25) is 0 Å². The Morgan fingerprint density at radius 3 is 2.75 bits per heavy atom. The molecule has 0 aliphatic carbocycles. The summed E-state index contributed by atoms with van der Waals surface area (Å²) in [6.45, 7) is 7.07. The van der Waals surface area contributed by atoms with E-state index in [0.29, 0.717) is 39.7 Å². The van der Waals surface area contributed by atoms with Gasteiger partial charge in [-0.05, 0) is 13.0 Å². The highest BCUT2D eigenvalue weighted by atomic mass is 35.5. The largest absolute Gasteiger partial charge is 0.496 e. The van der Waals surface area contributed by atoms with Gasteiger partial charge in [0.05, 0.1) is 42.3 Å². The number of fused-ring (bicyclic) bond motifs is 1. The lowest BCUT2D eigenvalue weighted by molar-refractivity contribution is -0.0907. The summed E-state index contributed by atoms with van der Waals surface area (Å²) >= 11 is 6.59. The molecule has 10 heteroatoms. The zero-order chi connectivity index (χ0) is 22.6. The molecule has 0 bridgehead atoms. The van der Waals surface area contributed by atoms with Gasteiger partial charge >= 0.3 is 0 Å². The van der Waals surface area contributed by atoms with Gasteiger partial charge in [-0.15, -0.1) is 0 Å². The molecule has 1 aromatic carbocycles. The van der Waals surface area contributed by atoms with Gasteiger partial charge in [0.25, 0.3) is 0 Å². The average Bonchev–Trinajstić information content (AvgIpc) is 3.08. The molecule has 2 aromatic heterocycles. The Morgan fingerprint density at radius 2 is 2.12 bits per heavy atom. The Bertz CT molecular complexity index is 1240. The molecule has 2 aliphatic rings. The molecule has 0 spiro atoms. The Morgan fingerprint density at radius 1 is 1.38 bits per heavy atom. The van der Waals surface area contributed by atoms with Crippen molar-refractivity contribution in [2.45, 2.75) is 31.7 Å². The van der Waals surface area contributed by atoms with Crippen LogP contribution in [-0.2, 0) is 4.74 Å². The Balaban J connectivity index is 1.57. The molecule has 1 atom stereocenters. The molecule has 4 heterocycles. The summed E-state index contributed by atoms with van der Waals surface area (Å²) in [4.78, 5) is 11.5. The quantitative estimate of drug-likeness (QED) is 0.603. The van der Waals surface area contributed by atoms with E-state index in [1.807, 2.05) is 13.8 Å². The van der Waals surface area contributed by atoms with Crippen molar-refractivity contribution in [3.63, 3.8) is 0 Å². The van der Waals surface area contributed by atoms with Crippen LogP contribution in [0.1, 0.15) is 47.0 Å². The van der Waals surface area contributed by atoms with E-state index in [1.54, 1.807) is 13.2 Å². The summed E-state index contributed by atoms with van der Waals surface area (Å²) < 4.78 is 11.2. The molecule has 2 fully saturated rings. The highest BCUT2D eigenvalue weighted by molar-refractivity contribution is 6.32. The van der Waals surface area contributed by atoms with Gasteiger partial charge in [0, 0.05) is 41.7 Å². The molecule has 0 saturated carbocycles. The minimum Gasteiger partial charge on any atom is -0.496 e. The number of halogens is 1. The van der Waals surface area contributed by atoms with Crippen LogP contribution in [0.15, 0.2) is 6.07 Å². The molecule has 9 nitrogen and oxygen atoms in total. The van der Waals surface area contributed by atoms with E-state index >= 15 is 0 Å². The number of aromatic amines is 1. The van der Waals surface area contributed by atoms with Crippen LogP contribution >= 0.6 is 11.6 Å². The molecule has 0 amide bonds. The third-order valence-corrected chi connectivity index (χ3v) is 6.86. The number of nitrogen functional groups attached to an aromatic ring is 1. The summed E-state index contributed by atoms with van der Waals surface area (Å²) in [5, 5.41) is 18.1. The first-order valence-corrected chi connectivity index (χ1v) is 10.9. The van der Waals surface area contributed by atoms with Crippen LogP contribution in [0.2, 0.25) is 5.02 Å². The molecule has 2 saturated heterocycles. The van der Waals surface area contributed by atoms with Gasteiger partial charge < -0.3 is 15.2 Å². The van der Waals surface area contributed by atoms with E-state index in [-0.39, 0.29) is 11.8 Å². The van der Waals surface area contributed by atoms with Crippen molar-refractivity contribution in [2.75, 3.05) is 39.1 Å². The van der Waals surface area contributed by atoms with Gasteiger partial charge in [-0.2, -0.15) is 10.4 Å². The fraction of sp³-hybridized carbons (Fsp3) is 0.455. The number of benzene rings is 1. The zero-order valence-electron chi connectivity index (χ0n) is 18.1. The van der Waals surface area contributed by atoms with E-state index in [4.69, 9.17) is 26.8 Å². The van der Waals surface area contributed by atoms with Crippen LogP contribution in [0.4, 0.5) is 5.82 Å². The number of likely N-dealkylation sites (tertiary alicyclic amines) is 1. The third kappa shape index (κ3) is 3.18. The Kier molecular flexibility index (Phi) is 5.16. The van der Waals surface area contributed by atoms with Gasteiger partial charge in [0.15, 0.2) is 5.65 Å². The molecule has 5 rings (SSSR count). The fourth-order valence-corrected chi connectivity index (χ4v) is 4.86. The lowest BCUT2D eigenvalue weighted by atomic mass is 9.83. The number of anilines is 1. The second-order valence-electron chi connectivity index (χ2n) is 8.46. The first-order chi connectivity index (χ1) is 15.4. The third-order valence-electron chi connectivity index (χ3n) is 6.56. The van der Waals surface area contributed by atoms with Crippen LogP contribution in [0.5, 0.6) is 5.75 Å². The molecule has 0 radical (unpaired) electrons. The number of nitriles is 1. The monoisotopic (exact) mass is 453 g/mol. The highest BCUT2D eigenvalue weighted by Crippen LogP contribution is 2.45. The molecule has 32 heavy (non-hydrogen) atoms. The average molecular weight is 454 g/mol. The SMILES string of the molecule is COc1c(C(C)c2nc(N)c3c(C)[nH]nc3n2)cc(Cl)c(C#N)c1C1CN(C2COC2)C1. The normalized spacial score (nSPS) is 18.2. The number of hydrogen-bond donors (Lipinski definition) is 2. The summed E-state index contributed by atoms with van der Waals surface area (Å²) in [7, 11) is 1.62. The van der Waals surface area contributed by atoms with Crippen LogP contribution in [0.25, 0.3) is 11.0 Å². The number of aryl methyl sites for hydroxylation is 1. The number of methoxy groups -OCH3 is 1. The lowest BCUT2D eigenvalue weighted by Gasteiger charge is -2.48. The minimum absolute atomic E-state index is 0.160. The van der Waals surface area contributed by atoms with Crippen LogP contribution in [-0.4, -0.2) is 64.5 Å². The summed E-state index contributed by atoms with van der Waals surface area (Å²) in [6.07, 6.45) is 0. The van der Waals surface area contributed by atoms with Crippen LogP contribution < -0.4 is 10.5 Å². The lowest BCUT2D eigenvalue weighted by Crippen LogP contribution is -2.58. The summed E-state index contributed by atoms with van der Waals surface area (Å²) in [5.41, 5.74) is 9.69. The molecule has 3 aromatic rings. The first-order valence-electron chi connectivity index (χ1n) is 10.5. The van der Waals surface area contributed by atoms with Crippen molar-refractivity contribution in [1.29, 1.82) is 5.26 Å². The molecular weight excluding hydrogens is 430 g/mol. The summed E-state index contributed by atoms with van der Waals surface area (Å²) in [5.74, 6) is 1.45. The number of ether oxygens (including phenoxy) is 2. The molecular formula is C22H24ClN7O2. The number of nitrogens with zero attached hydrogens (tertiary/aromatic N) is 5. The molecule has 3 N–H and O–H groups in total. The van der Waals surface area contributed by atoms with Gasteiger partial charge in [0.1, 0.15) is 23.5 Å². The highest BCUT2D eigenvalue weighted by Gasteiger charge is 2.40. The maximum atomic E-state index is 9.85. The fourth-order valence-electron chi connectivity index (χ4n) is 4.60. The maximum absolute atomic E-state index is 9.85. The van der Waals surface area contributed by atoms with E-state index < -0.39 is 0 Å². The van der Waals surface area contributed by atoms with E-state index in [9.17, 15) is 5.26 Å².